The van der Waals surface area contributed by atoms with E-state index in [1.165, 1.54) is 0 Å². The molecule has 1 spiro atoms. The van der Waals surface area contributed by atoms with E-state index in [4.69, 9.17) is 14.2 Å². The van der Waals surface area contributed by atoms with Gasteiger partial charge in [0.25, 0.3) is 11.7 Å². The number of hydrogen-bond donors (Lipinski definition) is 0. The van der Waals surface area contributed by atoms with Gasteiger partial charge in [-0.1, -0.05) is 34.1 Å². The van der Waals surface area contributed by atoms with Crippen LogP contribution in [0.25, 0.3) is 0 Å². The van der Waals surface area contributed by atoms with Gasteiger partial charge >= 0.3 is 0 Å². The molecule has 0 aliphatic carbocycles. The summed E-state index contributed by atoms with van der Waals surface area (Å²) in [5.74, 6) is -0.665. The Morgan fingerprint density at radius 1 is 1.20 bits per heavy atom. The van der Waals surface area contributed by atoms with Crippen LogP contribution in [0.15, 0.2) is 46.9 Å². The Morgan fingerprint density at radius 2 is 1.96 bits per heavy atom. The van der Waals surface area contributed by atoms with Gasteiger partial charge in [0.2, 0.25) is 0 Å². The summed E-state index contributed by atoms with van der Waals surface area (Å²) < 4.78 is 18.2. The zero-order valence-electron chi connectivity index (χ0n) is 13.8. The Morgan fingerprint density at radius 3 is 2.72 bits per heavy atom. The van der Waals surface area contributed by atoms with Crippen LogP contribution < -0.4 is 9.64 Å². The van der Waals surface area contributed by atoms with Gasteiger partial charge < -0.3 is 19.1 Å². The van der Waals surface area contributed by atoms with Gasteiger partial charge in [-0.25, -0.2) is 0 Å². The standard InChI is InChI=1S/C19H18BrNO4/c1-13-4-2-3-5-17(13)23-9-8-21-16-7-6-14(20)12-15(16)19(18(21)22)24-10-11-25-19/h2-7,12H,8-11H2,1H3. The first-order chi connectivity index (χ1) is 12.1. The number of hydrogen-bond acceptors (Lipinski definition) is 4. The molecule has 1 amide bonds. The average Bonchev–Trinajstić information content (AvgIpc) is 3.18. The van der Waals surface area contributed by atoms with Crippen molar-refractivity contribution in [2.75, 3.05) is 31.3 Å². The minimum absolute atomic E-state index is 0.188. The van der Waals surface area contributed by atoms with E-state index in [1.807, 2.05) is 49.4 Å². The van der Waals surface area contributed by atoms with Crippen molar-refractivity contribution < 1.29 is 19.0 Å². The van der Waals surface area contributed by atoms with Crippen LogP contribution in [-0.4, -0.2) is 32.3 Å². The highest BCUT2D eigenvalue weighted by molar-refractivity contribution is 9.10. The number of fused-ring (bicyclic) bond motifs is 2. The van der Waals surface area contributed by atoms with Crippen molar-refractivity contribution in [2.45, 2.75) is 12.7 Å². The van der Waals surface area contributed by atoms with E-state index in [2.05, 4.69) is 15.9 Å². The summed E-state index contributed by atoms with van der Waals surface area (Å²) in [6, 6.07) is 13.5. The SMILES string of the molecule is Cc1ccccc1OCCN1C(=O)C2(OCCO2)c2cc(Br)ccc21. The van der Waals surface area contributed by atoms with Crippen LogP contribution in [0.5, 0.6) is 5.75 Å². The molecule has 2 aliphatic rings. The molecule has 25 heavy (non-hydrogen) atoms. The third kappa shape index (κ3) is 2.74. The number of carbonyl (C=O) groups is 1. The first-order valence-corrected chi connectivity index (χ1v) is 8.99. The fraction of sp³-hybridized carbons (Fsp3) is 0.316. The zero-order valence-corrected chi connectivity index (χ0v) is 15.4. The minimum atomic E-state index is -1.30. The first kappa shape index (κ1) is 16.6. The molecule has 1 saturated heterocycles. The van der Waals surface area contributed by atoms with Crippen molar-refractivity contribution in [3.8, 4) is 5.75 Å². The molecule has 2 aliphatic heterocycles. The smallest absolute Gasteiger partial charge is 0.292 e. The third-order valence-corrected chi connectivity index (χ3v) is 4.98. The topological polar surface area (TPSA) is 48.0 Å². The summed E-state index contributed by atoms with van der Waals surface area (Å²) in [5, 5.41) is 0. The molecule has 0 unspecified atom stereocenters. The number of halogens is 1. The van der Waals surface area contributed by atoms with Gasteiger partial charge in [0, 0.05) is 10.0 Å². The van der Waals surface area contributed by atoms with Crippen molar-refractivity contribution >= 4 is 27.5 Å². The maximum absolute atomic E-state index is 13.0. The summed E-state index contributed by atoms with van der Waals surface area (Å²) >= 11 is 3.46. The Bertz CT molecular complexity index is 817. The van der Waals surface area contributed by atoms with Crippen molar-refractivity contribution in [2.24, 2.45) is 0 Å². The number of aryl methyl sites for hydroxylation is 1. The molecule has 2 aromatic rings. The van der Waals surface area contributed by atoms with E-state index in [-0.39, 0.29) is 5.91 Å². The second-order valence-corrected chi connectivity index (χ2v) is 6.96. The highest BCUT2D eigenvalue weighted by Crippen LogP contribution is 2.46. The molecule has 1 fully saturated rings. The van der Waals surface area contributed by atoms with Gasteiger partial charge in [0.05, 0.1) is 25.4 Å². The predicted molar refractivity (Wildman–Crippen MR) is 96.8 cm³/mol. The van der Waals surface area contributed by atoms with E-state index in [0.717, 1.165) is 27.0 Å². The Labute approximate surface area is 154 Å². The average molecular weight is 404 g/mol. The van der Waals surface area contributed by atoms with Crippen molar-refractivity contribution in [3.05, 3.63) is 58.1 Å². The number of nitrogens with zero attached hydrogens (tertiary/aromatic N) is 1. The molecule has 0 saturated carbocycles. The van der Waals surface area contributed by atoms with Crippen LogP contribution in [0.2, 0.25) is 0 Å². The van der Waals surface area contributed by atoms with Crippen LogP contribution in [0.4, 0.5) is 5.69 Å². The van der Waals surface area contributed by atoms with Gasteiger partial charge in [0.15, 0.2) is 0 Å². The summed E-state index contributed by atoms with van der Waals surface area (Å²) in [4.78, 5) is 14.7. The van der Waals surface area contributed by atoms with Crippen molar-refractivity contribution in [1.29, 1.82) is 0 Å². The molecule has 6 heteroatoms. The van der Waals surface area contributed by atoms with Gasteiger partial charge in [0.1, 0.15) is 12.4 Å². The Kier molecular flexibility index (Phi) is 4.27. The highest BCUT2D eigenvalue weighted by atomic mass is 79.9. The first-order valence-electron chi connectivity index (χ1n) is 8.20. The molecular weight excluding hydrogens is 386 g/mol. The third-order valence-electron chi connectivity index (χ3n) is 4.49. The van der Waals surface area contributed by atoms with Crippen molar-refractivity contribution in [1.82, 2.24) is 0 Å². The summed E-state index contributed by atoms with van der Waals surface area (Å²) in [6.07, 6.45) is 0. The van der Waals surface area contributed by atoms with E-state index in [0.29, 0.717) is 26.4 Å². The summed E-state index contributed by atoms with van der Waals surface area (Å²) in [7, 11) is 0. The van der Waals surface area contributed by atoms with E-state index in [9.17, 15) is 4.79 Å². The number of ether oxygens (including phenoxy) is 3. The second kappa shape index (κ2) is 6.44. The van der Waals surface area contributed by atoms with E-state index >= 15 is 0 Å². The van der Waals surface area contributed by atoms with Gasteiger partial charge in [-0.05, 0) is 36.8 Å². The largest absolute Gasteiger partial charge is 0.491 e. The number of para-hydroxylation sites is 1. The number of anilines is 1. The van der Waals surface area contributed by atoms with E-state index < -0.39 is 5.79 Å². The normalized spacial score (nSPS) is 18.0. The number of carbonyl (C=O) groups excluding carboxylic acids is 1. The zero-order chi connectivity index (χ0) is 17.4. The predicted octanol–water partition coefficient (Wildman–Crippen LogP) is 3.38. The molecule has 4 rings (SSSR count). The quantitative estimate of drug-likeness (QED) is 0.784. The molecule has 2 aromatic carbocycles. The highest BCUT2D eigenvalue weighted by Gasteiger charge is 2.56. The van der Waals surface area contributed by atoms with Gasteiger partial charge in [-0.3, -0.25) is 4.79 Å². The lowest BCUT2D eigenvalue weighted by molar-refractivity contribution is -0.180. The monoisotopic (exact) mass is 403 g/mol. The Hall–Kier alpha value is -1.89. The maximum Gasteiger partial charge on any atom is 0.292 e. The Balaban J connectivity index is 1.56. The summed E-state index contributed by atoms with van der Waals surface area (Å²) in [6.45, 7) is 3.63. The van der Waals surface area contributed by atoms with E-state index in [1.54, 1.807) is 4.90 Å². The molecule has 0 aromatic heterocycles. The van der Waals surface area contributed by atoms with Gasteiger partial charge in [-0.2, -0.15) is 0 Å². The number of amides is 1. The maximum atomic E-state index is 13.0. The van der Waals surface area contributed by atoms with Crippen LogP contribution in [0.3, 0.4) is 0 Å². The molecular formula is C19H18BrNO4. The van der Waals surface area contributed by atoms with Crippen molar-refractivity contribution in [3.63, 3.8) is 0 Å². The molecule has 0 N–H and O–H groups in total. The van der Waals surface area contributed by atoms with Crippen LogP contribution in [0, 0.1) is 6.92 Å². The molecule has 5 nitrogen and oxygen atoms in total. The lowest BCUT2D eigenvalue weighted by Gasteiger charge is -2.22. The van der Waals surface area contributed by atoms with Crippen LogP contribution in [0.1, 0.15) is 11.1 Å². The molecule has 130 valence electrons. The number of rotatable bonds is 4. The molecule has 2 heterocycles. The molecule has 0 bridgehead atoms. The lowest BCUT2D eigenvalue weighted by atomic mass is 10.1. The number of benzene rings is 2. The minimum Gasteiger partial charge on any atom is -0.491 e. The fourth-order valence-corrected chi connectivity index (χ4v) is 3.65. The second-order valence-electron chi connectivity index (χ2n) is 6.05. The summed E-state index contributed by atoms with van der Waals surface area (Å²) in [5.41, 5.74) is 2.63. The van der Waals surface area contributed by atoms with Crippen LogP contribution in [-0.2, 0) is 20.1 Å². The molecule has 0 atom stereocenters. The molecule has 0 radical (unpaired) electrons. The fourth-order valence-electron chi connectivity index (χ4n) is 3.29. The van der Waals surface area contributed by atoms with Crippen LogP contribution >= 0.6 is 15.9 Å². The van der Waals surface area contributed by atoms with Gasteiger partial charge in [-0.15, -0.1) is 0 Å². The lowest BCUT2D eigenvalue weighted by Crippen LogP contribution is -2.42.